The summed E-state index contributed by atoms with van der Waals surface area (Å²) in [5, 5.41) is 0. The first-order valence-electron chi connectivity index (χ1n) is 3.33. The minimum absolute atomic E-state index is 0.211. The summed E-state index contributed by atoms with van der Waals surface area (Å²) in [5.74, 6) is -0.211. The molecule has 1 aromatic heterocycles. The topological polar surface area (TPSA) is 55.0 Å². The Kier molecular flexibility index (Phi) is 5.98. The Bertz CT molecular complexity index is 155. The first-order chi connectivity index (χ1) is 5.27. The number of aromatic nitrogens is 2. The van der Waals surface area contributed by atoms with Crippen molar-refractivity contribution >= 4 is 5.97 Å². The number of ether oxygens (including phenoxy) is 1. The van der Waals surface area contributed by atoms with E-state index in [2.05, 4.69) is 14.7 Å². The molecule has 62 valence electrons. The molecule has 0 amide bonds. The van der Waals surface area contributed by atoms with Gasteiger partial charge in [0.15, 0.2) is 0 Å². The van der Waals surface area contributed by atoms with Gasteiger partial charge in [0.25, 0.3) is 0 Å². The van der Waals surface area contributed by atoms with Crippen LogP contribution in [0.1, 0.15) is 13.8 Å². The SMILES string of the molecule is CCOC(C)=O.c1c[nH]cn1. The fourth-order valence-corrected chi connectivity index (χ4v) is 0.418. The maximum Gasteiger partial charge on any atom is 0.302 e. The lowest BCUT2D eigenvalue weighted by atomic mass is 10.8. The van der Waals surface area contributed by atoms with Crippen molar-refractivity contribution in [1.29, 1.82) is 0 Å². The van der Waals surface area contributed by atoms with Gasteiger partial charge in [-0.25, -0.2) is 4.98 Å². The van der Waals surface area contributed by atoms with E-state index in [4.69, 9.17) is 0 Å². The third-order valence-electron chi connectivity index (χ3n) is 0.753. The molecule has 1 aromatic rings. The predicted molar refractivity (Wildman–Crippen MR) is 40.9 cm³/mol. The molecule has 4 nitrogen and oxygen atoms in total. The highest BCUT2D eigenvalue weighted by Gasteiger charge is 1.81. The molecule has 11 heavy (non-hydrogen) atoms. The van der Waals surface area contributed by atoms with Crippen molar-refractivity contribution in [2.24, 2.45) is 0 Å². The molecule has 1 rings (SSSR count). The highest BCUT2D eigenvalue weighted by molar-refractivity contribution is 5.65. The monoisotopic (exact) mass is 156 g/mol. The van der Waals surface area contributed by atoms with E-state index in [1.54, 1.807) is 25.6 Å². The molecule has 0 aliphatic carbocycles. The molecule has 0 aliphatic rings. The van der Waals surface area contributed by atoms with E-state index in [0.717, 1.165) is 0 Å². The van der Waals surface area contributed by atoms with Gasteiger partial charge < -0.3 is 9.72 Å². The molecular weight excluding hydrogens is 144 g/mol. The standard InChI is InChI=1S/C4H8O2.C3H4N2/c1-3-6-4(2)5;1-2-5-3-4-1/h3H2,1-2H3;1-3H,(H,4,5). The summed E-state index contributed by atoms with van der Waals surface area (Å²) in [4.78, 5) is 16.2. The quantitative estimate of drug-likeness (QED) is 0.616. The Morgan fingerprint density at radius 3 is 2.55 bits per heavy atom. The van der Waals surface area contributed by atoms with E-state index in [9.17, 15) is 4.79 Å². The number of rotatable bonds is 1. The number of carbonyl (C=O) groups excluding carboxylic acids is 1. The van der Waals surface area contributed by atoms with Crippen molar-refractivity contribution in [3.63, 3.8) is 0 Å². The van der Waals surface area contributed by atoms with Gasteiger partial charge in [0.2, 0.25) is 0 Å². The molecule has 1 heterocycles. The smallest absolute Gasteiger partial charge is 0.302 e. The van der Waals surface area contributed by atoms with Gasteiger partial charge in [0, 0.05) is 19.3 Å². The molecule has 1 N–H and O–H groups in total. The average molecular weight is 156 g/mol. The fourth-order valence-electron chi connectivity index (χ4n) is 0.418. The zero-order valence-electron chi connectivity index (χ0n) is 6.70. The van der Waals surface area contributed by atoms with Crippen molar-refractivity contribution in [1.82, 2.24) is 9.97 Å². The third-order valence-corrected chi connectivity index (χ3v) is 0.753. The van der Waals surface area contributed by atoms with Crippen LogP contribution < -0.4 is 0 Å². The first kappa shape index (κ1) is 9.68. The lowest BCUT2D eigenvalue weighted by Crippen LogP contribution is -1.95. The maximum atomic E-state index is 9.82. The van der Waals surface area contributed by atoms with E-state index < -0.39 is 0 Å². The van der Waals surface area contributed by atoms with Crippen molar-refractivity contribution in [3.8, 4) is 0 Å². The Morgan fingerprint density at radius 1 is 1.73 bits per heavy atom. The largest absolute Gasteiger partial charge is 0.466 e. The van der Waals surface area contributed by atoms with Crippen LogP contribution in [-0.2, 0) is 9.53 Å². The van der Waals surface area contributed by atoms with Gasteiger partial charge in [-0.05, 0) is 6.92 Å². The van der Waals surface area contributed by atoms with Gasteiger partial charge in [-0.15, -0.1) is 0 Å². The maximum absolute atomic E-state index is 9.82. The molecule has 0 saturated carbocycles. The van der Waals surface area contributed by atoms with Gasteiger partial charge in [-0.2, -0.15) is 0 Å². The van der Waals surface area contributed by atoms with Crippen molar-refractivity contribution in [3.05, 3.63) is 18.7 Å². The summed E-state index contributed by atoms with van der Waals surface area (Å²) in [6.07, 6.45) is 5.08. The van der Waals surface area contributed by atoms with E-state index >= 15 is 0 Å². The summed E-state index contributed by atoms with van der Waals surface area (Å²) in [6.45, 7) is 3.65. The van der Waals surface area contributed by atoms with Gasteiger partial charge in [0.05, 0.1) is 12.9 Å². The molecule has 0 spiro atoms. The van der Waals surface area contributed by atoms with E-state index in [1.807, 2.05) is 0 Å². The Hall–Kier alpha value is -1.32. The van der Waals surface area contributed by atoms with E-state index in [1.165, 1.54) is 6.92 Å². The van der Waals surface area contributed by atoms with Crippen LogP contribution in [0.3, 0.4) is 0 Å². The summed E-state index contributed by atoms with van der Waals surface area (Å²) < 4.78 is 4.40. The number of aromatic amines is 1. The molecule has 0 aromatic carbocycles. The molecule has 0 bridgehead atoms. The second kappa shape index (κ2) is 6.80. The van der Waals surface area contributed by atoms with Crippen molar-refractivity contribution in [2.75, 3.05) is 6.61 Å². The number of H-pyrrole nitrogens is 1. The van der Waals surface area contributed by atoms with Crippen LogP contribution in [0.25, 0.3) is 0 Å². The van der Waals surface area contributed by atoms with Crippen LogP contribution in [0.4, 0.5) is 0 Å². The Labute approximate surface area is 65.6 Å². The molecule has 0 atom stereocenters. The molecule has 0 fully saturated rings. The molecule has 0 aliphatic heterocycles. The van der Waals surface area contributed by atoms with Crippen molar-refractivity contribution in [2.45, 2.75) is 13.8 Å². The third kappa shape index (κ3) is 8.68. The van der Waals surface area contributed by atoms with Gasteiger partial charge >= 0.3 is 5.97 Å². The number of nitrogens with one attached hydrogen (secondary N) is 1. The first-order valence-corrected chi connectivity index (χ1v) is 3.33. The van der Waals surface area contributed by atoms with Gasteiger partial charge in [-0.3, -0.25) is 4.79 Å². The number of imidazole rings is 1. The molecule has 0 radical (unpaired) electrons. The zero-order chi connectivity index (χ0) is 8.53. The van der Waals surface area contributed by atoms with Crippen LogP contribution in [0.5, 0.6) is 0 Å². The highest BCUT2D eigenvalue weighted by Crippen LogP contribution is 1.69. The zero-order valence-corrected chi connectivity index (χ0v) is 6.70. The second-order valence-corrected chi connectivity index (χ2v) is 1.69. The molecule has 0 saturated heterocycles. The van der Waals surface area contributed by atoms with Gasteiger partial charge in [0.1, 0.15) is 0 Å². The summed E-state index contributed by atoms with van der Waals surface area (Å²) in [6, 6.07) is 0. The summed E-state index contributed by atoms with van der Waals surface area (Å²) >= 11 is 0. The lowest BCUT2D eigenvalue weighted by Gasteiger charge is -1.89. The predicted octanol–water partition coefficient (Wildman–Crippen LogP) is 0.979. The number of carbonyl (C=O) groups is 1. The molecule has 0 unspecified atom stereocenters. The fraction of sp³-hybridized carbons (Fsp3) is 0.429. The van der Waals surface area contributed by atoms with E-state index in [-0.39, 0.29) is 5.97 Å². The lowest BCUT2D eigenvalue weighted by molar-refractivity contribution is -0.140. The Balaban J connectivity index is 0.000000183. The highest BCUT2D eigenvalue weighted by atomic mass is 16.5. The Morgan fingerprint density at radius 2 is 2.45 bits per heavy atom. The summed E-state index contributed by atoms with van der Waals surface area (Å²) in [7, 11) is 0. The van der Waals surface area contributed by atoms with Crippen LogP contribution >= 0.6 is 0 Å². The van der Waals surface area contributed by atoms with E-state index in [0.29, 0.717) is 6.61 Å². The number of nitrogens with zero attached hydrogens (tertiary/aromatic N) is 1. The minimum atomic E-state index is -0.211. The minimum Gasteiger partial charge on any atom is -0.466 e. The average Bonchev–Trinajstić information content (AvgIpc) is 2.41. The number of hydrogen-bond acceptors (Lipinski definition) is 3. The summed E-state index contributed by atoms with van der Waals surface area (Å²) in [5.41, 5.74) is 0. The normalized spacial score (nSPS) is 7.82. The van der Waals surface area contributed by atoms with Crippen LogP contribution in [0.15, 0.2) is 18.7 Å². The number of esters is 1. The van der Waals surface area contributed by atoms with Crippen LogP contribution in [0, 0.1) is 0 Å². The van der Waals surface area contributed by atoms with Crippen LogP contribution in [0.2, 0.25) is 0 Å². The van der Waals surface area contributed by atoms with Gasteiger partial charge in [-0.1, -0.05) is 0 Å². The second-order valence-electron chi connectivity index (χ2n) is 1.69. The molecule has 4 heteroatoms. The van der Waals surface area contributed by atoms with Crippen molar-refractivity contribution < 1.29 is 9.53 Å². The number of hydrogen-bond donors (Lipinski definition) is 1. The molecular formula is C7H12N2O2. The van der Waals surface area contributed by atoms with Crippen LogP contribution in [-0.4, -0.2) is 22.5 Å².